The molecule has 0 aliphatic carbocycles. The van der Waals surface area contributed by atoms with Crippen LogP contribution < -0.4 is 4.72 Å². The lowest BCUT2D eigenvalue weighted by Gasteiger charge is -2.17. The topological polar surface area (TPSA) is 109 Å². The Kier molecular flexibility index (Phi) is 8.18. The van der Waals surface area contributed by atoms with Gasteiger partial charge < -0.3 is 9.63 Å². The molecule has 2 N–H and O–H groups in total. The number of aryl methyl sites for hydroxylation is 1. The first-order valence-corrected chi connectivity index (χ1v) is 13.3. The van der Waals surface area contributed by atoms with Crippen molar-refractivity contribution in [1.29, 1.82) is 0 Å². The molecule has 0 bridgehead atoms. The Morgan fingerprint density at radius 3 is 2.53 bits per heavy atom. The molecule has 1 unspecified atom stereocenters. The summed E-state index contributed by atoms with van der Waals surface area (Å²) in [7, 11) is -3.32. The number of benzene rings is 1. The van der Waals surface area contributed by atoms with Crippen molar-refractivity contribution < 1.29 is 18.0 Å². The Hall–Kier alpha value is -2.11. The lowest BCUT2D eigenvalue weighted by Crippen LogP contribution is -2.32. The van der Waals surface area contributed by atoms with Gasteiger partial charge in [-0.05, 0) is 43.6 Å². The Bertz CT molecular complexity index is 1120. The van der Waals surface area contributed by atoms with Crippen LogP contribution in [0.15, 0.2) is 34.9 Å². The van der Waals surface area contributed by atoms with E-state index in [1.807, 2.05) is 24.3 Å². The number of rotatable bonds is 11. The molecule has 0 radical (unpaired) electrons. The minimum atomic E-state index is -3.32. The molecule has 8 nitrogen and oxygen atoms in total. The molecule has 1 atom stereocenters. The van der Waals surface area contributed by atoms with Crippen LogP contribution in [0, 0.1) is 6.92 Å². The minimum Gasteiger partial charge on any atom is -0.391 e. The SMILES string of the molecule is CCN(CC)Cc1sc(-c2nc(-c3ccc(CC(O)CNS(C)(=O)=O)cc3)no2)cc1C. The molecule has 174 valence electrons. The summed E-state index contributed by atoms with van der Waals surface area (Å²) in [6.45, 7) is 9.34. The van der Waals surface area contributed by atoms with Gasteiger partial charge in [0.2, 0.25) is 15.8 Å². The second-order valence-electron chi connectivity index (χ2n) is 7.78. The fourth-order valence-electron chi connectivity index (χ4n) is 3.26. The van der Waals surface area contributed by atoms with E-state index in [9.17, 15) is 13.5 Å². The number of aliphatic hydroxyl groups is 1. The van der Waals surface area contributed by atoms with Crippen molar-refractivity contribution >= 4 is 21.4 Å². The quantitative estimate of drug-likeness (QED) is 0.436. The zero-order chi connectivity index (χ0) is 23.3. The maximum atomic E-state index is 11.1. The fraction of sp³-hybridized carbons (Fsp3) is 0.455. The van der Waals surface area contributed by atoms with Crippen molar-refractivity contribution in [3.8, 4) is 22.2 Å². The highest BCUT2D eigenvalue weighted by Crippen LogP contribution is 2.32. The highest BCUT2D eigenvalue weighted by atomic mass is 32.2. The summed E-state index contributed by atoms with van der Waals surface area (Å²) >= 11 is 1.68. The Morgan fingerprint density at radius 2 is 1.91 bits per heavy atom. The van der Waals surface area contributed by atoms with Crippen molar-refractivity contribution in [3.05, 3.63) is 46.3 Å². The second kappa shape index (κ2) is 10.7. The molecule has 1 aromatic carbocycles. The largest absolute Gasteiger partial charge is 0.391 e. The van der Waals surface area contributed by atoms with Gasteiger partial charge in [-0.25, -0.2) is 13.1 Å². The monoisotopic (exact) mass is 478 g/mol. The van der Waals surface area contributed by atoms with E-state index in [1.165, 1.54) is 10.4 Å². The molecule has 0 aliphatic heterocycles. The van der Waals surface area contributed by atoms with Gasteiger partial charge in [0.15, 0.2) is 0 Å². The normalized spacial score (nSPS) is 13.1. The van der Waals surface area contributed by atoms with Crippen LogP contribution in [-0.2, 0) is 23.0 Å². The highest BCUT2D eigenvalue weighted by molar-refractivity contribution is 7.88. The molecular weight excluding hydrogens is 448 g/mol. The third kappa shape index (κ3) is 6.69. The molecule has 0 aliphatic rings. The third-order valence-corrected chi connectivity index (χ3v) is 7.08. The fourth-order valence-corrected chi connectivity index (χ4v) is 4.89. The van der Waals surface area contributed by atoms with E-state index in [2.05, 4.69) is 46.6 Å². The molecule has 0 saturated carbocycles. The Morgan fingerprint density at radius 1 is 1.22 bits per heavy atom. The van der Waals surface area contributed by atoms with Gasteiger partial charge in [-0.15, -0.1) is 11.3 Å². The summed E-state index contributed by atoms with van der Waals surface area (Å²) in [5.41, 5.74) is 2.92. The van der Waals surface area contributed by atoms with Gasteiger partial charge in [-0.1, -0.05) is 43.3 Å². The predicted octanol–water partition coefficient (Wildman–Crippen LogP) is 3.07. The smallest absolute Gasteiger partial charge is 0.268 e. The van der Waals surface area contributed by atoms with Gasteiger partial charge >= 0.3 is 0 Å². The van der Waals surface area contributed by atoms with Crippen molar-refractivity contribution in [2.45, 2.75) is 39.8 Å². The van der Waals surface area contributed by atoms with Gasteiger partial charge in [-0.2, -0.15) is 4.98 Å². The maximum absolute atomic E-state index is 11.1. The first-order valence-electron chi connectivity index (χ1n) is 10.6. The first kappa shape index (κ1) is 24.5. The van der Waals surface area contributed by atoms with Crippen LogP contribution in [0.25, 0.3) is 22.2 Å². The van der Waals surface area contributed by atoms with Gasteiger partial charge in [0, 0.05) is 23.5 Å². The van der Waals surface area contributed by atoms with Crippen LogP contribution in [0.3, 0.4) is 0 Å². The summed E-state index contributed by atoms with van der Waals surface area (Å²) in [6.07, 6.45) is 0.598. The van der Waals surface area contributed by atoms with Crippen molar-refractivity contribution in [3.63, 3.8) is 0 Å². The molecule has 0 saturated heterocycles. The zero-order valence-electron chi connectivity index (χ0n) is 18.8. The number of hydrogen-bond acceptors (Lipinski definition) is 8. The molecule has 10 heteroatoms. The summed E-state index contributed by atoms with van der Waals surface area (Å²) in [6, 6.07) is 9.56. The predicted molar refractivity (Wildman–Crippen MR) is 127 cm³/mol. The van der Waals surface area contributed by atoms with E-state index in [-0.39, 0.29) is 6.54 Å². The summed E-state index contributed by atoms with van der Waals surface area (Å²) in [5.74, 6) is 1.01. The number of aromatic nitrogens is 2. The van der Waals surface area contributed by atoms with Crippen molar-refractivity contribution in [2.24, 2.45) is 0 Å². The highest BCUT2D eigenvalue weighted by Gasteiger charge is 2.16. The van der Waals surface area contributed by atoms with Crippen LogP contribution in [0.2, 0.25) is 0 Å². The summed E-state index contributed by atoms with van der Waals surface area (Å²) in [4.78, 5) is 9.20. The number of nitrogens with one attached hydrogen (secondary N) is 1. The van der Waals surface area contributed by atoms with Gasteiger partial charge in [0.25, 0.3) is 5.89 Å². The molecule has 0 spiro atoms. The molecule has 2 aromatic heterocycles. The van der Waals surface area contributed by atoms with Gasteiger partial charge in [-0.3, -0.25) is 4.90 Å². The average molecular weight is 479 g/mol. The van der Waals surface area contributed by atoms with Gasteiger partial charge in [0.1, 0.15) is 0 Å². The lowest BCUT2D eigenvalue weighted by molar-refractivity contribution is 0.179. The number of thiophene rings is 1. The van der Waals surface area contributed by atoms with E-state index < -0.39 is 16.1 Å². The van der Waals surface area contributed by atoms with Crippen molar-refractivity contribution in [2.75, 3.05) is 25.9 Å². The first-order chi connectivity index (χ1) is 15.2. The molecule has 3 aromatic rings. The molecule has 0 fully saturated rings. The second-order valence-corrected chi connectivity index (χ2v) is 10.7. The van der Waals surface area contributed by atoms with Crippen molar-refractivity contribution in [1.82, 2.24) is 19.8 Å². The molecule has 0 amide bonds. The minimum absolute atomic E-state index is 0.0225. The average Bonchev–Trinajstić information content (AvgIpc) is 3.38. The number of nitrogens with zero attached hydrogens (tertiary/aromatic N) is 3. The van der Waals surface area contributed by atoms with Crippen LogP contribution in [0.1, 0.15) is 29.9 Å². The molecule has 2 heterocycles. The Labute approximate surface area is 193 Å². The summed E-state index contributed by atoms with van der Waals surface area (Å²) < 4.78 is 30.1. The number of sulfonamides is 1. The van der Waals surface area contributed by atoms with E-state index in [0.29, 0.717) is 18.1 Å². The van der Waals surface area contributed by atoms with E-state index in [4.69, 9.17) is 4.52 Å². The maximum Gasteiger partial charge on any atom is 0.268 e. The van der Waals surface area contributed by atoms with Gasteiger partial charge in [0.05, 0.1) is 17.2 Å². The number of hydrogen-bond donors (Lipinski definition) is 2. The van der Waals surface area contributed by atoms with E-state index in [1.54, 1.807) is 11.3 Å². The van der Waals surface area contributed by atoms with Crippen LogP contribution in [0.5, 0.6) is 0 Å². The summed E-state index contributed by atoms with van der Waals surface area (Å²) in [5, 5.41) is 14.1. The molecule has 32 heavy (non-hydrogen) atoms. The van der Waals surface area contributed by atoms with E-state index in [0.717, 1.165) is 41.9 Å². The standard InChI is InChI=1S/C22H30N4O4S2/c1-5-26(6-2)14-20-15(3)11-19(31-20)22-24-21(25-30-22)17-9-7-16(8-10-17)12-18(27)13-23-32(4,28)29/h7-11,18,23,27H,5-6,12-14H2,1-4H3. The molecule has 3 rings (SSSR count). The molecular formula is C22H30N4O4S2. The third-order valence-electron chi connectivity index (χ3n) is 5.18. The van der Waals surface area contributed by atoms with Crippen LogP contribution in [0.4, 0.5) is 0 Å². The number of aliphatic hydroxyl groups excluding tert-OH is 1. The zero-order valence-corrected chi connectivity index (χ0v) is 20.5. The lowest BCUT2D eigenvalue weighted by atomic mass is 10.1. The van der Waals surface area contributed by atoms with Crippen LogP contribution >= 0.6 is 11.3 Å². The Balaban J connectivity index is 1.67. The van der Waals surface area contributed by atoms with E-state index >= 15 is 0 Å². The van der Waals surface area contributed by atoms with Crippen LogP contribution in [-0.4, -0.2) is 60.6 Å².